The molecular formula is C10H17N3O4. The molecule has 2 unspecified atom stereocenters. The quantitative estimate of drug-likeness (QED) is 0.470. The molecule has 1 aliphatic heterocycles. The summed E-state index contributed by atoms with van der Waals surface area (Å²) in [5, 5.41) is 13.7. The molecular weight excluding hydrogens is 226 g/mol. The van der Waals surface area contributed by atoms with Crippen LogP contribution in [-0.2, 0) is 14.4 Å². The van der Waals surface area contributed by atoms with E-state index in [1.807, 2.05) is 0 Å². The number of hydrogen-bond acceptors (Lipinski definition) is 5. The van der Waals surface area contributed by atoms with Gasteiger partial charge in [-0.15, -0.1) is 0 Å². The molecule has 5 N–H and O–H groups in total. The second-order valence-corrected chi connectivity index (χ2v) is 4.04. The molecule has 96 valence electrons. The van der Waals surface area contributed by atoms with Gasteiger partial charge in [-0.1, -0.05) is 0 Å². The number of aliphatic carboxylic acids is 1. The molecule has 0 spiro atoms. The lowest BCUT2D eigenvalue weighted by Crippen LogP contribution is -2.43. The van der Waals surface area contributed by atoms with Crippen LogP contribution in [0.1, 0.15) is 25.7 Å². The molecule has 17 heavy (non-hydrogen) atoms. The van der Waals surface area contributed by atoms with Gasteiger partial charge in [-0.2, -0.15) is 0 Å². The van der Waals surface area contributed by atoms with Gasteiger partial charge in [-0.3, -0.25) is 19.7 Å². The van der Waals surface area contributed by atoms with Gasteiger partial charge in [-0.05, 0) is 25.8 Å². The smallest absolute Gasteiger partial charge is 0.320 e. The van der Waals surface area contributed by atoms with E-state index in [0.717, 1.165) is 13.0 Å². The second kappa shape index (κ2) is 6.31. The first-order chi connectivity index (χ1) is 8.00. The Kier molecular flexibility index (Phi) is 5.05. The Morgan fingerprint density at radius 1 is 1.47 bits per heavy atom. The van der Waals surface area contributed by atoms with Gasteiger partial charge in [0.2, 0.25) is 11.8 Å². The van der Waals surface area contributed by atoms with Crippen LogP contribution >= 0.6 is 0 Å². The topological polar surface area (TPSA) is 122 Å². The third kappa shape index (κ3) is 4.49. The lowest BCUT2D eigenvalue weighted by Gasteiger charge is -2.10. The van der Waals surface area contributed by atoms with Crippen molar-refractivity contribution in [2.24, 2.45) is 5.73 Å². The van der Waals surface area contributed by atoms with E-state index in [0.29, 0.717) is 6.42 Å². The van der Waals surface area contributed by atoms with Gasteiger partial charge < -0.3 is 16.2 Å². The van der Waals surface area contributed by atoms with Gasteiger partial charge in [0.15, 0.2) is 0 Å². The normalized spacial score (nSPS) is 20.9. The molecule has 0 aliphatic carbocycles. The average molecular weight is 243 g/mol. The van der Waals surface area contributed by atoms with Crippen molar-refractivity contribution in [2.75, 3.05) is 6.54 Å². The summed E-state index contributed by atoms with van der Waals surface area (Å²) in [6.07, 6.45) is 1.59. The van der Waals surface area contributed by atoms with Gasteiger partial charge in [0, 0.05) is 6.42 Å². The number of carboxylic acids is 1. The Labute approximate surface area is 98.7 Å². The highest BCUT2D eigenvalue weighted by atomic mass is 16.4. The number of carboxylic acid groups (broad SMARTS) is 1. The summed E-state index contributed by atoms with van der Waals surface area (Å²) in [7, 11) is 0. The first-order valence-corrected chi connectivity index (χ1v) is 5.56. The van der Waals surface area contributed by atoms with Crippen molar-refractivity contribution in [2.45, 2.75) is 37.8 Å². The van der Waals surface area contributed by atoms with E-state index in [2.05, 4.69) is 10.6 Å². The van der Waals surface area contributed by atoms with E-state index in [-0.39, 0.29) is 24.8 Å². The van der Waals surface area contributed by atoms with Crippen molar-refractivity contribution in [3.05, 3.63) is 0 Å². The number of carbonyl (C=O) groups excluding carboxylic acids is 2. The fraction of sp³-hybridized carbons (Fsp3) is 0.700. The molecule has 7 nitrogen and oxygen atoms in total. The molecule has 0 bridgehead atoms. The molecule has 1 saturated heterocycles. The van der Waals surface area contributed by atoms with E-state index >= 15 is 0 Å². The molecule has 2 atom stereocenters. The molecule has 0 radical (unpaired) electrons. The van der Waals surface area contributed by atoms with E-state index in [1.54, 1.807) is 0 Å². The van der Waals surface area contributed by atoms with Crippen LogP contribution in [0, 0.1) is 0 Å². The van der Waals surface area contributed by atoms with Gasteiger partial charge >= 0.3 is 5.97 Å². The summed E-state index contributed by atoms with van der Waals surface area (Å²) in [5.74, 6) is -1.99. The SMILES string of the molecule is NC(CCC(=O)NC(=O)C1CCCN1)C(=O)O. The van der Waals surface area contributed by atoms with Crippen LogP contribution < -0.4 is 16.4 Å². The molecule has 1 heterocycles. The maximum absolute atomic E-state index is 11.5. The van der Waals surface area contributed by atoms with Crippen molar-refractivity contribution in [1.82, 2.24) is 10.6 Å². The van der Waals surface area contributed by atoms with Gasteiger partial charge in [0.25, 0.3) is 0 Å². The molecule has 0 aromatic carbocycles. The molecule has 0 aromatic rings. The molecule has 1 fully saturated rings. The number of imide groups is 1. The molecule has 2 amide bonds. The first kappa shape index (κ1) is 13.6. The molecule has 0 aromatic heterocycles. The molecule has 1 aliphatic rings. The highest BCUT2D eigenvalue weighted by molar-refractivity contribution is 5.98. The summed E-state index contributed by atoms with van der Waals surface area (Å²) in [6.45, 7) is 0.774. The maximum Gasteiger partial charge on any atom is 0.320 e. The van der Waals surface area contributed by atoms with Crippen LogP contribution in [0.2, 0.25) is 0 Å². The zero-order chi connectivity index (χ0) is 12.8. The number of carbonyl (C=O) groups is 3. The summed E-state index contributed by atoms with van der Waals surface area (Å²) in [6, 6.07) is -1.38. The average Bonchev–Trinajstić information content (AvgIpc) is 2.78. The van der Waals surface area contributed by atoms with Crippen LogP contribution in [0.5, 0.6) is 0 Å². The number of hydrogen-bond donors (Lipinski definition) is 4. The van der Waals surface area contributed by atoms with Crippen LogP contribution in [0.15, 0.2) is 0 Å². The molecule has 1 rings (SSSR count). The fourth-order valence-electron chi connectivity index (χ4n) is 1.61. The Balaban J connectivity index is 2.24. The van der Waals surface area contributed by atoms with Gasteiger partial charge in [-0.25, -0.2) is 0 Å². The summed E-state index contributed by atoms with van der Waals surface area (Å²) in [4.78, 5) is 33.2. The monoisotopic (exact) mass is 243 g/mol. The van der Waals surface area contributed by atoms with Crippen LogP contribution in [0.25, 0.3) is 0 Å². The van der Waals surface area contributed by atoms with Crippen molar-refractivity contribution in [3.63, 3.8) is 0 Å². The van der Waals surface area contributed by atoms with Crippen LogP contribution in [-0.4, -0.2) is 41.5 Å². The predicted octanol–water partition coefficient (Wildman–Crippen LogP) is -1.43. The third-order valence-electron chi connectivity index (χ3n) is 2.64. The molecule has 0 saturated carbocycles. The third-order valence-corrected chi connectivity index (χ3v) is 2.64. The highest BCUT2D eigenvalue weighted by Crippen LogP contribution is 2.04. The minimum absolute atomic E-state index is 0.0204. The predicted molar refractivity (Wildman–Crippen MR) is 59.0 cm³/mol. The Morgan fingerprint density at radius 2 is 2.18 bits per heavy atom. The number of rotatable bonds is 5. The maximum atomic E-state index is 11.5. The standard InChI is InChI=1S/C10H17N3O4/c11-6(10(16)17)3-4-8(14)13-9(15)7-2-1-5-12-7/h6-7,12H,1-5,11H2,(H,16,17)(H,13,14,15). The largest absolute Gasteiger partial charge is 0.480 e. The number of amides is 2. The van der Waals surface area contributed by atoms with Crippen molar-refractivity contribution in [1.29, 1.82) is 0 Å². The van der Waals surface area contributed by atoms with E-state index in [4.69, 9.17) is 10.8 Å². The van der Waals surface area contributed by atoms with E-state index < -0.39 is 17.9 Å². The second-order valence-electron chi connectivity index (χ2n) is 4.04. The zero-order valence-corrected chi connectivity index (χ0v) is 9.44. The van der Waals surface area contributed by atoms with Crippen molar-refractivity contribution >= 4 is 17.8 Å². The van der Waals surface area contributed by atoms with E-state index in [1.165, 1.54) is 0 Å². The summed E-state index contributed by atoms with van der Waals surface area (Å²) < 4.78 is 0. The van der Waals surface area contributed by atoms with Crippen molar-refractivity contribution in [3.8, 4) is 0 Å². The minimum Gasteiger partial charge on any atom is -0.480 e. The number of nitrogens with two attached hydrogens (primary N) is 1. The summed E-state index contributed by atoms with van der Waals surface area (Å²) >= 11 is 0. The minimum atomic E-state index is -1.15. The van der Waals surface area contributed by atoms with E-state index in [9.17, 15) is 14.4 Å². The molecule has 7 heteroatoms. The Hall–Kier alpha value is -1.47. The lowest BCUT2D eigenvalue weighted by molar-refractivity contribution is -0.138. The van der Waals surface area contributed by atoms with Crippen LogP contribution in [0.4, 0.5) is 0 Å². The first-order valence-electron chi connectivity index (χ1n) is 5.56. The summed E-state index contributed by atoms with van der Waals surface area (Å²) in [5.41, 5.74) is 5.24. The highest BCUT2D eigenvalue weighted by Gasteiger charge is 2.23. The zero-order valence-electron chi connectivity index (χ0n) is 9.44. The Bertz CT molecular complexity index is 313. The van der Waals surface area contributed by atoms with Gasteiger partial charge in [0.1, 0.15) is 6.04 Å². The lowest BCUT2D eigenvalue weighted by atomic mass is 10.1. The van der Waals surface area contributed by atoms with Gasteiger partial charge in [0.05, 0.1) is 6.04 Å². The van der Waals surface area contributed by atoms with Crippen molar-refractivity contribution < 1.29 is 19.5 Å². The fourth-order valence-corrected chi connectivity index (χ4v) is 1.61. The van der Waals surface area contributed by atoms with Crippen LogP contribution in [0.3, 0.4) is 0 Å². The number of nitrogens with one attached hydrogen (secondary N) is 2. The Morgan fingerprint density at radius 3 is 2.71 bits per heavy atom.